The van der Waals surface area contributed by atoms with Crippen LogP contribution in [0.25, 0.3) is 5.57 Å². The summed E-state index contributed by atoms with van der Waals surface area (Å²) in [6, 6.07) is 5.77. The summed E-state index contributed by atoms with van der Waals surface area (Å²) in [5.74, 6) is 0.376. The van der Waals surface area contributed by atoms with Crippen molar-refractivity contribution in [3.8, 4) is 0 Å². The van der Waals surface area contributed by atoms with Gasteiger partial charge in [-0.15, -0.1) is 0 Å². The Kier molecular flexibility index (Phi) is 5.04. The second kappa shape index (κ2) is 7.21. The van der Waals surface area contributed by atoms with Crippen molar-refractivity contribution in [2.24, 2.45) is 0 Å². The first-order valence-corrected chi connectivity index (χ1v) is 8.16. The van der Waals surface area contributed by atoms with E-state index in [-0.39, 0.29) is 5.82 Å². The Labute approximate surface area is 141 Å². The van der Waals surface area contributed by atoms with Crippen LogP contribution in [0.3, 0.4) is 0 Å². The van der Waals surface area contributed by atoms with Gasteiger partial charge in [0.2, 0.25) is 5.88 Å². The van der Waals surface area contributed by atoms with Gasteiger partial charge in [0.25, 0.3) is 0 Å². The van der Waals surface area contributed by atoms with Gasteiger partial charge in [0.05, 0.1) is 18.8 Å². The number of piperazine rings is 1. The van der Waals surface area contributed by atoms with Gasteiger partial charge in [0.15, 0.2) is 0 Å². The highest BCUT2D eigenvalue weighted by Crippen LogP contribution is 2.33. The molecule has 0 radical (unpaired) electrons. The Morgan fingerprint density at radius 3 is 2.46 bits per heavy atom. The van der Waals surface area contributed by atoms with Crippen molar-refractivity contribution in [3.05, 3.63) is 53.3 Å². The van der Waals surface area contributed by atoms with E-state index in [1.54, 1.807) is 19.2 Å². The van der Waals surface area contributed by atoms with Gasteiger partial charge in [-0.1, -0.05) is 12.1 Å². The number of benzene rings is 1. The van der Waals surface area contributed by atoms with E-state index in [4.69, 9.17) is 4.74 Å². The fourth-order valence-corrected chi connectivity index (χ4v) is 3.32. The van der Waals surface area contributed by atoms with Crippen LogP contribution in [0.1, 0.15) is 5.56 Å². The van der Waals surface area contributed by atoms with Crippen LogP contribution in [0.4, 0.5) is 8.78 Å². The van der Waals surface area contributed by atoms with Gasteiger partial charge in [-0.25, -0.2) is 8.78 Å². The second-order valence-corrected chi connectivity index (χ2v) is 6.02. The molecule has 1 N–H and O–H groups in total. The molecule has 1 atom stereocenters. The number of nitrogens with one attached hydrogen (secondary N) is 1. The number of ether oxygens (including phenoxy) is 1. The largest absolute Gasteiger partial charge is 0.481 e. The summed E-state index contributed by atoms with van der Waals surface area (Å²) in [6.07, 6.45) is 1.99. The van der Waals surface area contributed by atoms with Crippen molar-refractivity contribution in [2.45, 2.75) is 6.04 Å². The fraction of sp³-hybridized carbons (Fsp3) is 0.444. The van der Waals surface area contributed by atoms with Crippen molar-refractivity contribution < 1.29 is 13.5 Å². The van der Waals surface area contributed by atoms with E-state index in [1.165, 1.54) is 12.1 Å². The molecule has 0 spiro atoms. The average Bonchev–Trinajstić information content (AvgIpc) is 2.62. The van der Waals surface area contributed by atoms with E-state index >= 15 is 0 Å². The lowest BCUT2D eigenvalue weighted by atomic mass is 9.94. The first-order valence-electron chi connectivity index (χ1n) is 8.16. The number of nitrogens with zero attached hydrogens (tertiary/aromatic N) is 2. The third kappa shape index (κ3) is 3.11. The third-order valence-corrected chi connectivity index (χ3v) is 4.63. The molecule has 130 valence electrons. The zero-order valence-electron chi connectivity index (χ0n) is 14.1. The number of allylic oxidation sites excluding steroid dienone is 1. The number of halogens is 2. The predicted octanol–water partition coefficient (Wildman–Crippen LogP) is 2.21. The number of hydrogen-bond acceptors (Lipinski definition) is 4. The van der Waals surface area contributed by atoms with Gasteiger partial charge in [0.1, 0.15) is 12.5 Å². The highest BCUT2D eigenvalue weighted by atomic mass is 19.1. The molecule has 1 unspecified atom stereocenters. The van der Waals surface area contributed by atoms with Gasteiger partial charge in [-0.3, -0.25) is 0 Å². The summed E-state index contributed by atoms with van der Waals surface area (Å²) in [5.41, 5.74) is 2.62. The molecule has 6 heteroatoms. The van der Waals surface area contributed by atoms with Crippen LogP contribution in [0.5, 0.6) is 0 Å². The lowest BCUT2D eigenvalue weighted by Crippen LogP contribution is -2.46. The maximum atomic E-state index is 13.8. The molecule has 4 nitrogen and oxygen atoms in total. The highest BCUT2D eigenvalue weighted by Gasteiger charge is 2.32. The van der Waals surface area contributed by atoms with Crippen molar-refractivity contribution in [2.75, 3.05) is 47.0 Å². The minimum atomic E-state index is -0.540. The maximum Gasteiger partial charge on any atom is 0.213 e. The van der Waals surface area contributed by atoms with Gasteiger partial charge in [0, 0.05) is 33.2 Å². The number of likely N-dealkylation sites (N-methyl/N-ethyl adjacent to an activating group) is 1. The van der Waals surface area contributed by atoms with Crippen molar-refractivity contribution in [1.29, 1.82) is 0 Å². The fourth-order valence-electron chi connectivity index (χ4n) is 3.32. The monoisotopic (exact) mass is 335 g/mol. The molecule has 0 bridgehead atoms. The van der Waals surface area contributed by atoms with Gasteiger partial charge >= 0.3 is 0 Å². The molecule has 0 saturated carbocycles. The molecule has 1 aromatic carbocycles. The van der Waals surface area contributed by atoms with Crippen molar-refractivity contribution in [1.82, 2.24) is 15.1 Å². The summed E-state index contributed by atoms with van der Waals surface area (Å²) in [5, 5.41) is 3.33. The lowest BCUT2D eigenvalue weighted by molar-refractivity contribution is 0.126. The number of alkyl halides is 1. The van der Waals surface area contributed by atoms with Crippen LogP contribution in [-0.2, 0) is 4.74 Å². The summed E-state index contributed by atoms with van der Waals surface area (Å²) < 4.78 is 32.6. The summed E-state index contributed by atoms with van der Waals surface area (Å²) in [7, 11) is 3.45. The van der Waals surface area contributed by atoms with Crippen molar-refractivity contribution in [3.63, 3.8) is 0 Å². The number of methoxy groups -OCH3 is 1. The molecular formula is C18H23F2N3O. The minimum absolute atomic E-state index is 0.296. The van der Waals surface area contributed by atoms with Crippen LogP contribution in [0.15, 0.2) is 41.9 Å². The first kappa shape index (κ1) is 16.8. The van der Waals surface area contributed by atoms with E-state index in [0.717, 1.165) is 43.0 Å². The Morgan fingerprint density at radius 2 is 1.88 bits per heavy atom. The molecule has 2 heterocycles. The Morgan fingerprint density at radius 1 is 1.21 bits per heavy atom. The molecule has 24 heavy (non-hydrogen) atoms. The summed E-state index contributed by atoms with van der Waals surface area (Å²) in [6.45, 7) is 2.99. The summed E-state index contributed by atoms with van der Waals surface area (Å²) >= 11 is 0. The topological polar surface area (TPSA) is 27.7 Å². The quantitative estimate of drug-likeness (QED) is 0.913. The molecule has 0 amide bonds. The molecule has 2 aliphatic heterocycles. The van der Waals surface area contributed by atoms with E-state index in [9.17, 15) is 8.78 Å². The zero-order valence-corrected chi connectivity index (χ0v) is 14.1. The van der Waals surface area contributed by atoms with Gasteiger partial charge in [-0.2, -0.15) is 0 Å². The average molecular weight is 335 g/mol. The Hall–Kier alpha value is -2.08. The van der Waals surface area contributed by atoms with E-state index in [0.29, 0.717) is 5.88 Å². The van der Waals surface area contributed by atoms with Gasteiger partial charge in [-0.05, 0) is 29.3 Å². The second-order valence-electron chi connectivity index (χ2n) is 6.02. The van der Waals surface area contributed by atoms with E-state index in [1.807, 2.05) is 18.0 Å². The molecular weight excluding hydrogens is 312 g/mol. The summed E-state index contributed by atoms with van der Waals surface area (Å²) in [4.78, 5) is 4.07. The normalized spacial score (nSPS) is 21.8. The molecule has 1 fully saturated rings. The van der Waals surface area contributed by atoms with Crippen LogP contribution >= 0.6 is 0 Å². The van der Waals surface area contributed by atoms with Crippen molar-refractivity contribution >= 4 is 5.57 Å². The van der Waals surface area contributed by atoms with E-state index in [2.05, 4.69) is 10.2 Å². The highest BCUT2D eigenvalue weighted by molar-refractivity contribution is 5.73. The third-order valence-electron chi connectivity index (χ3n) is 4.63. The Balaban J connectivity index is 2.05. The van der Waals surface area contributed by atoms with Crippen LogP contribution in [0.2, 0.25) is 0 Å². The van der Waals surface area contributed by atoms with Crippen LogP contribution < -0.4 is 5.32 Å². The Bertz CT molecular complexity index is 636. The molecule has 1 aromatic rings. The number of rotatable bonds is 4. The molecule has 2 aliphatic rings. The SMILES string of the molecule is COC1=C(N2CCNCC2)C=C(c2ccc(F)cc2)C(CF)N1C. The number of hydrogen-bond donors (Lipinski definition) is 1. The van der Waals surface area contributed by atoms with Crippen LogP contribution in [-0.4, -0.2) is 62.9 Å². The predicted molar refractivity (Wildman–Crippen MR) is 90.4 cm³/mol. The van der Waals surface area contributed by atoms with Crippen LogP contribution in [0, 0.1) is 5.82 Å². The smallest absolute Gasteiger partial charge is 0.213 e. The van der Waals surface area contributed by atoms with Gasteiger partial charge < -0.3 is 19.9 Å². The maximum absolute atomic E-state index is 13.8. The minimum Gasteiger partial charge on any atom is -0.481 e. The molecule has 3 rings (SSSR count). The van der Waals surface area contributed by atoms with E-state index < -0.39 is 12.7 Å². The lowest BCUT2D eigenvalue weighted by Gasteiger charge is -2.40. The first-order chi connectivity index (χ1) is 11.7. The zero-order chi connectivity index (χ0) is 17.1. The molecule has 0 aromatic heterocycles. The standard InChI is InChI=1S/C18H23F2N3O/c1-22-17(12-19)15(13-3-5-14(20)6-4-13)11-16(18(22)24-2)23-9-7-21-8-10-23/h3-6,11,17,21H,7-10,12H2,1-2H3. The molecule has 0 aliphatic carbocycles. The molecule has 1 saturated heterocycles.